The lowest BCUT2D eigenvalue weighted by molar-refractivity contribution is 0.0955. The van der Waals surface area contributed by atoms with Crippen molar-refractivity contribution in [2.24, 2.45) is 0 Å². The lowest BCUT2D eigenvalue weighted by Gasteiger charge is -2.24. The number of aromatic amines is 2. The monoisotopic (exact) mass is 462 g/mol. The number of fused-ring (bicyclic) bond motifs is 1. The van der Waals surface area contributed by atoms with E-state index in [2.05, 4.69) is 42.6 Å². The number of benzene rings is 1. The molecule has 1 aliphatic rings. The summed E-state index contributed by atoms with van der Waals surface area (Å²) in [6.07, 6.45) is 3.72. The molecule has 8 nitrogen and oxygen atoms in total. The molecule has 1 unspecified atom stereocenters. The molecule has 1 saturated carbocycles. The van der Waals surface area contributed by atoms with Gasteiger partial charge in [0.2, 0.25) is 0 Å². The number of carbonyl (C=O) groups excluding carboxylic acids is 1. The van der Waals surface area contributed by atoms with Crippen LogP contribution in [0.1, 0.15) is 34.1 Å². The van der Waals surface area contributed by atoms with Crippen LogP contribution in [-0.2, 0) is 0 Å². The molecule has 5 rings (SSSR count). The van der Waals surface area contributed by atoms with Gasteiger partial charge in [0.05, 0.1) is 22.1 Å². The van der Waals surface area contributed by atoms with Gasteiger partial charge in [-0.15, -0.1) is 11.3 Å². The first-order chi connectivity index (χ1) is 16.0. The van der Waals surface area contributed by atoms with Gasteiger partial charge >= 0.3 is 0 Å². The van der Waals surface area contributed by atoms with Crippen LogP contribution in [0.25, 0.3) is 21.7 Å². The van der Waals surface area contributed by atoms with Gasteiger partial charge in [-0.25, -0.2) is 4.98 Å². The minimum absolute atomic E-state index is 0.0180. The van der Waals surface area contributed by atoms with Gasteiger partial charge in [-0.05, 0) is 44.6 Å². The van der Waals surface area contributed by atoms with Crippen molar-refractivity contribution in [3.8, 4) is 11.4 Å². The van der Waals surface area contributed by atoms with E-state index >= 15 is 0 Å². The summed E-state index contributed by atoms with van der Waals surface area (Å²) >= 11 is 1.33. The Morgan fingerprint density at radius 3 is 2.73 bits per heavy atom. The zero-order valence-electron chi connectivity index (χ0n) is 18.5. The molecule has 9 heteroatoms. The summed E-state index contributed by atoms with van der Waals surface area (Å²) in [5, 5.41) is 6.55. The standard InChI is InChI=1S/C24H26N6O2S/c1-30(2)13-18(14-6-4-3-5-7-14)27-16-10-11-25-23(32)20(16)21-28-17-12-19(33-24(17)29-21)22(31)26-15-8-9-15/h3-7,10-12,15,18H,8-9,13H2,1-2H3,(H,26,31)(H,28,29)(H2,25,27,32). The molecule has 170 valence electrons. The summed E-state index contributed by atoms with van der Waals surface area (Å²) < 4.78 is 0. The highest BCUT2D eigenvalue weighted by molar-refractivity contribution is 7.20. The average molecular weight is 463 g/mol. The van der Waals surface area contributed by atoms with Crippen molar-refractivity contribution >= 4 is 33.3 Å². The first-order valence-corrected chi connectivity index (χ1v) is 11.8. The third kappa shape index (κ3) is 4.69. The molecule has 1 aromatic carbocycles. The van der Waals surface area contributed by atoms with E-state index in [0.717, 1.165) is 30.5 Å². The first kappa shape index (κ1) is 21.4. The van der Waals surface area contributed by atoms with E-state index in [0.29, 0.717) is 32.8 Å². The molecule has 3 aromatic heterocycles. The number of H-pyrrole nitrogens is 2. The van der Waals surface area contributed by atoms with Crippen molar-refractivity contribution in [3.05, 3.63) is 69.5 Å². The van der Waals surface area contributed by atoms with Gasteiger partial charge < -0.3 is 25.5 Å². The van der Waals surface area contributed by atoms with Crippen molar-refractivity contribution in [1.29, 1.82) is 0 Å². The van der Waals surface area contributed by atoms with Crippen molar-refractivity contribution in [1.82, 2.24) is 25.2 Å². The Hall–Kier alpha value is -3.43. The fraction of sp³-hybridized carbons (Fsp3) is 0.292. The SMILES string of the molecule is CN(C)CC(Nc1cc[nH]c(=O)c1-c1nc2sc(C(=O)NC3CC3)cc2[nH]1)c1ccccc1. The smallest absolute Gasteiger partial charge is 0.261 e. The maximum Gasteiger partial charge on any atom is 0.261 e. The second kappa shape index (κ2) is 8.84. The molecular formula is C24H26N6O2S. The number of thiophene rings is 1. The molecule has 33 heavy (non-hydrogen) atoms. The van der Waals surface area contributed by atoms with Gasteiger partial charge in [-0.2, -0.15) is 0 Å². The van der Waals surface area contributed by atoms with E-state index in [1.54, 1.807) is 12.3 Å². The zero-order valence-corrected chi connectivity index (χ0v) is 19.3. The van der Waals surface area contributed by atoms with E-state index in [1.807, 2.05) is 38.4 Å². The topological polar surface area (TPSA) is 106 Å². The van der Waals surface area contributed by atoms with Crippen LogP contribution in [0, 0.1) is 0 Å². The van der Waals surface area contributed by atoms with Crippen LogP contribution in [0.3, 0.4) is 0 Å². The molecule has 0 bridgehead atoms. The number of likely N-dealkylation sites (N-methyl/N-ethyl adjacent to an activating group) is 1. The predicted octanol–water partition coefficient (Wildman–Crippen LogP) is 3.59. The Balaban J connectivity index is 1.47. The first-order valence-electron chi connectivity index (χ1n) is 11.0. The molecule has 0 saturated heterocycles. The van der Waals surface area contributed by atoms with Crippen LogP contribution < -0.4 is 16.2 Å². The molecule has 4 N–H and O–H groups in total. The Morgan fingerprint density at radius 2 is 2.03 bits per heavy atom. The Labute approximate surface area is 195 Å². The minimum atomic E-state index is -0.232. The maximum absolute atomic E-state index is 12.9. The Kier molecular flexibility index (Phi) is 5.74. The molecule has 1 atom stereocenters. The van der Waals surface area contributed by atoms with Gasteiger partial charge in [0.15, 0.2) is 0 Å². The van der Waals surface area contributed by atoms with E-state index in [4.69, 9.17) is 0 Å². The Morgan fingerprint density at radius 1 is 1.24 bits per heavy atom. The number of pyridine rings is 1. The van der Waals surface area contributed by atoms with Crippen molar-refractivity contribution in [2.45, 2.75) is 24.9 Å². The van der Waals surface area contributed by atoms with Crippen LogP contribution in [0.2, 0.25) is 0 Å². The van der Waals surface area contributed by atoms with E-state index in [-0.39, 0.29) is 17.5 Å². The van der Waals surface area contributed by atoms with E-state index in [9.17, 15) is 9.59 Å². The average Bonchev–Trinajstić information content (AvgIpc) is 3.37. The van der Waals surface area contributed by atoms with Gasteiger partial charge in [0, 0.05) is 18.8 Å². The van der Waals surface area contributed by atoms with Gasteiger partial charge in [0.25, 0.3) is 11.5 Å². The second-order valence-corrected chi connectivity index (χ2v) is 9.66. The molecule has 3 heterocycles. The van der Waals surface area contributed by atoms with E-state index < -0.39 is 0 Å². The number of nitrogens with one attached hydrogen (secondary N) is 4. The largest absolute Gasteiger partial charge is 0.376 e. The molecule has 1 amide bonds. The highest BCUT2D eigenvalue weighted by Gasteiger charge is 2.25. The maximum atomic E-state index is 12.9. The number of carbonyl (C=O) groups is 1. The predicted molar refractivity (Wildman–Crippen MR) is 132 cm³/mol. The van der Waals surface area contributed by atoms with Gasteiger partial charge in [-0.3, -0.25) is 9.59 Å². The second-order valence-electron chi connectivity index (χ2n) is 8.63. The number of imidazole rings is 1. The minimum Gasteiger partial charge on any atom is -0.376 e. The fourth-order valence-corrected chi connectivity index (χ4v) is 4.73. The van der Waals surface area contributed by atoms with Crippen LogP contribution >= 0.6 is 11.3 Å². The van der Waals surface area contributed by atoms with Crippen LogP contribution in [0.15, 0.2) is 53.5 Å². The number of hydrogen-bond donors (Lipinski definition) is 4. The highest BCUT2D eigenvalue weighted by Crippen LogP contribution is 2.31. The number of anilines is 1. The lowest BCUT2D eigenvalue weighted by Crippen LogP contribution is -2.26. The third-order valence-corrected chi connectivity index (χ3v) is 6.62. The molecule has 1 aliphatic carbocycles. The molecule has 4 aromatic rings. The van der Waals surface area contributed by atoms with Gasteiger partial charge in [-0.1, -0.05) is 30.3 Å². The normalized spacial score (nSPS) is 14.5. The lowest BCUT2D eigenvalue weighted by atomic mass is 10.1. The number of amides is 1. The summed E-state index contributed by atoms with van der Waals surface area (Å²) in [6.45, 7) is 0.753. The third-order valence-electron chi connectivity index (χ3n) is 5.59. The molecule has 0 radical (unpaired) electrons. The summed E-state index contributed by atoms with van der Waals surface area (Å²) in [6, 6.07) is 14.1. The van der Waals surface area contributed by atoms with Gasteiger partial charge in [0.1, 0.15) is 16.2 Å². The molecule has 0 aliphatic heterocycles. The summed E-state index contributed by atoms with van der Waals surface area (Å²) in [7, 11) is 4.04. The number of nitrogens with zero attached hydrogens (tertiary/aromatic N) is 2. The quantitative estimate of drug-likeness (QED) is 0.320. The fourth-order valence-electron chi connectivity index (χ4n) is 3.83. The van der Waals surface area contributed by atoms with Crippen molar-refractivity contribution in [2.75, 3.05) is 26.0 Å². The summed E-state index contributed by atoms with van der Waals surface area (Å²) in [4.78, 5) is 39.3. The van der Waals surface area contributed by atoms with Crippen molar-refractivity contribution in [3.63, 3.8) is 0 Å². The van der Waals surface area contributed by atoms with Crippen LogP contribution in [0.5, 0.6) is 0 Å². The summed E-state index contributed by atoms with van der Waals surface area (Å²) in [5.74, 6) is 0.413. The molecular weight excluding hydrogens is 436 g/mol. The zero-order chi connectivity index (χ0) is 22.9. The number of hydrogen-bond acceptors (Lipinski definition) is 6. The number of rotatable bonds is 8. The highest BCUT2D eigenvalue weighted by atomic mass is 32.1. The van der Waals surface area contributed by atoms with Crippen LogP contribution in [0.4, 0.5) is 5.69 Å². The molecule has 1 fully saturated rings. The molecule has 0 spiro atoms. The van der Waals surface area contributed by atoms with Crippen LogP contribution in [-0.4, -0.2) is 52.4 Å². The van der Waals surface area contributed by atoms with Crippen molar-refractivity contribution < 1.29 is 4.79 Å². The van der Waals surface area contributed by atoms with E-state index in [1.165, 1.54) is 11.3 Å². The number of aromatic nitrogens is 3. The summed E-state index contributed by atoms with van der Waals surface area (Å²) in [5.41, 5.74) is 2.79. The Bertz CT molecular complexity index is 1300.